The van der Waals surface area contributed by atoms with E-state index in [1.807, 2.05) is 4.72 Å². The molecule has 10 nitrogen and oxygen atoms in total. The van der Waals surface area contributed by atoms with Crippen LogP contribution in [0.1, 0.15) is 6.92 Å². The number of esters is 1. The molecule has 0 fully saturated rings. The van der Waals surface area contributed by atoms with Gasteiger partial charge >= 0.3 is 5.97 Å². The van der Waals surface area contributed by atoms with E-state index in [1.165, 1.54) is 25.1 Å². The lowest BCUT2D eigenvalue weighted by atomic mass is 10.2. The Morgan fingerprint density at radius 2 is 2.08 bits per heavy atom. The van der Waals surface area contributed by atoms with Crippen LogP contribution >= 0.6 is 0 Å². The number of sulfonamides is 1. The fraction of sp³-hybridized carbons (Fsp3) is 0.286. The number of para-hydroxylation sites is 1. The summed E-state index contributed by atoms with van der Waals surface area (Å²) >= 11 is 0. The number of hydrogen-bond donors (Lipinski definition) is 1. The molecule has 0 spiro atoms. The molecule has 1 heterocycles. The highest BCUT2D eigenvalue weighted by Gasteiger charge is 2.33. The molecule has 0 amide bonds. The number of benzene rings is 1. The topological polar surface area (TPSA) is 142 Å². The Bertz CT molecular complexity index is 833. The molecule has 2 rings (SSSR count). The highest BCUT2D eigenvalue weighted by molar-refractivity contribution is 7.89. The van der Waals surface area contributed by atoms with Gasteiger partial charge < -0.3 is 9.47 Å². The van der Waals surface area contributed by atoms with Gasteiger partial charge in [0.15, 0.2) is 16.9 Å². The summed E-state index contributed by atoms with van der Waals surface area (Å²) in [4.78, 5) is 32.2. The predicted molar refractivity (Wildman–Crippen MR) is 82.9 cm³/mol. The maximum Gasteiger partial charge on any atom is 0.302 e. The molecule has 0 unspecified atom stereocenters. The SMILES string of the molecule is CC(=O)OC[C@@H]1C=CC(=O)[C@@H](NS(=O)(=O)c2ccccc2[N+](=O)[O-])O1. The molecule has 2 atom stereocenters. The van der Waals surface area contributed by atoms with E-state index in [0.29, 0.717) is 0 Å². The highest BCUT2D eigenvalue weighted by atomic mass is 32.2. The first kappa shape index (κ1) is 18.7. The molecule has 11 heteroatoms. The second kappa shape index (κ2) is 7.51. The van der Waals surface area contributed by atoms with E-state index in [4.69, 9.17) is 9.47 Å². The van der Waals surface area contributed by atoms with Crippen molar-refractivity contribution in [3.05, 3.63) is 46.5 Å². The summed E-state index contributed by atoms with van der Waals surface area (Å²) in [5.41, 5.74) is -0.634. The van der Waals surface area contributed by atoms with Crippen molar-refractivity contribution in [2.75, 3.05) is 6.61 Å². The largest absolute Gasteiger partial charge is 0.463 e. The summed E-state index contributed by atoms with van der Waals surface area (Å²) in [5, 5.41) is 11.0. The van der Waals surface area contributed by atoms with Crippen LogP contribution in [0.5, 0.6) is 0 Å². The maximum atomic E-state index is 12.4. The molecular weight excluding hydrogens is 356 g/mol. The van der Waals surface area contributed by atoms with Crippen LogP contribution in [0.4, 0.5) is 5.69 Å². The number of nitrogens with one attached hydrogen (secondary N) is 1. The van der Waals surface area contributed by atoms with Crippen molar-refractivity contribution >= 4 is 27.5 Å². The maximum absolute atomic E-state index is 12.4. The summed E-state index contributed by atoms with van der Waals surface area (Å²) in [7, 11) is -4.40. The zero-order valence-electron chi connectivity index (χ0n) is 12.9. The van der Waals surface area contributed by atoms with Gasteiger partial charge in [-0.25, -0.2) is 8.42 Å². The summed E-state index contributed by atoms with van der Waals surface area (Å²) < 4.78 is 36.7. The van der Waals surface area contributed by atoms with Crippen molar-refractivity contribution in [1.29, 1.82) is 0 Å². The first-order valence-electron chi connectivity index (χ1n) is 6.97. The van der Waals surface area contributed by atoms with E-state index in [-0.39, 0.29) is 6.61 Å². The molecule has 1 aromatic rings. The lowest BCUT2D eigenvalue weighted by molar-refractivity contribution is -0.387. The van der Waals surface area contributed by atoms with E-state index >= 15 is 0 Å². The molecule has 1 aromatic carbocycles. The number of nitro groups is 1. The highest BCUT2D eigenvalue weighted by Crippen LogP contribution is 2.23. The first-order valence-corrected chi connectivity index (χ1v) is 8.45. The van der Waals surface area contributed by atoms with Gasteiger partial charge in [-0.3, -0.25) is 19.7 Å². The van der Waals surface area contributed by atoms with Crippen LogP contribution in [-0.4, -0.2) is 44.0 Å². The van der Waals surface area contributed by atoms with Crippen LogP contribution in [0.15, 0.2) is 41.3 Å². The molecule has 0 bridgehead atoms. The van der Waals surface area contributed by atoms with E-state index in [1.54, 1.807) is 0 Å². The molecule has 134 valence electrons. The van der Waals surface area contributed by atoms with E-state index in [0.717, 1.165) is 18.2 Å². The van der Waals surface area contributed by atoms with Gasteiger partial charge in [0, 0.05) is 13.0 Å². The molecule has 0 aliphatic carbocycles. The van der Waals surface area contributed by atoms with E-state index in [9.17, 15) is 28.1 Å². The third kappa shape index (κ3) is 4.68. The summed E-state index contributed by atoms with van der Waals surface area (Å²) in [6.07, 6.45) is -0.0129. The smallest absolute Gasteiger partial charge is 0.302 e. The average Bonchev–Trinajstić information content (AvgIpc) is 2.55. The Balaban J connectivity index is 2.20. The van der Waals surface area contributed by atoms with Crippen molar-refractivity contribution < 1.29 is 32.4 Å². The number of ketones is 1. The monoisotopic (exact) mass is 370 g/mol. The van der Waals surface area contributed by atoms with Crippen molar-refractivity contribution in [2.45, 2.75) is 24.2 Å². The third-order valence-corrected chi connectivity index (χ3v) is 4.56. The van der Waals surface area contributed by atoms with Gasteiger partial charge in [0.1, 0.15) is 12.7 Å². The number of nitro benzene ring substituents is 1. The summed E-state index contributed by atoms with van der Waals surface area (Å²) in [6, 6.07) is 4.70. The van der Waals surface area contributed by atoms with E-state index in [2.05, 4.69) is 0 Å². The lowest BCUT2D eigenvalue weighted by Crippen LogP contribution is -2.46. The van der Waals surface area contributed by atoms with Crippen LogP contribution in [0, 0.1) is 10.1 Å². The Morgan fingerprint density at radius 3 is 2.72 bits per heavy atom. The minimum absolute atomic E-state index is 0.206. The Morgan fingerprint density at radius 1 is 1.40 bits per heavy atom. The average molecular weight is 370 g/mol. The van der Waals surface area contributed by atoms with Crippen LogP contribution in [0.2, 0.25) is 0 Å². The van der Waals surface area contributed by atoms with Gasteiger partial charge in [-0.05, 0) is 18.2 Å². The van der Waals surface area contributed by atoms with Crippen molar-refractivity contribution in [3.63, 3.8) is 0 Å². The second-order valence-electron chi connectivity index (χ2n) is 4.96. The van der Waals surface area contributed by atoms with Gasteiger partial charge in [0.2, 0.25) is 10.0 Å². The first-order chi connectivity index (χ1) is 11.7. The van der Waals surface area contributed by atoms with Crippen molar-refractivity contribution in [3.8, 4) is 0 Å². The summed E-state index contributed by atoms with van der Waals surface area (Å²) in [6.45, 7) is 0.981. The van der Waals surface area contributed by atoms with Gasteiger partial charge in [-0.2, -0.15) is 4.72 Å². The molecule has 0 saturated carbocycles. The molecule has 1 aliphatic heterocycles. The van der Waals surface area contributed by atoms with Crippen LogP contribution in [0.3, 0.4) is 0 Å². The normalized spacial score (nSPS) is 20.3. The molecule has 0 aromatic heterocycles. The zero-order chi connectivity index (χ0) is 18.6. The number of carbonyl (C=O) groups is 2. The van der Waals surface area contributed by atoms with Gasteiger partial charge in [0.25, 0.3) is 5.69 Å². The van der Waals surface area contributed by atoms with Crippen LogP contribution in [-0.2, 0) is 29.1 Å². The molecule has 1 aliphatic rings. The third-order valence-electron chi connectivity index (χ3n) is 3.11. The standard InChI is InChI=1S/C14H14N2O8S/c1-9(17)23-8-10-6-7-12(18)14(24-10)15-25(21,22)13-5-3-2-4-11(13)16(19)20/h2-7,10,14-15H,8H2,1H3/t10-,14-/m0/s1. The van der Waals surface area contributed by atoms with Gasteiger partial charge in [-0.15, -0.1) is 0 Å². The van der Waals surface area contributed by atoms with E-state index < -0.39 is 49.6 Å². The fourth-order valence-corrected chi connectivity index (χ4v) is 3.25. The number of carbonyl (C=O) groups excluding carboxylic acids is 2. The van der Waals surface area contributed by atoms with Gasteiger partial charge in [0.05, 0.1) is 4.92 Å². The molecule has 1 N–H and O–H groups in total. The Kier molecular flexibility index (Phi) is 5.62. The number of nitrogens with zero attached hydrogens (tertiary/aromatic N) is 1. The minimum atomic E-state index is -4.40. The number of hydrogen-bond acceptors (Lipinski definition) is 8. The predicted octanol–water partition coefficient (Wildman–Crippen LogP) is 0.286. The second-order valence-corrected chi connectivity index (χ2v) is 6.65. The molecule has 25 heavy (non-hydrogen) atoms. The summed E-state index contributed by atoms with van der Waals surface area (Å²) in [5.74, 6) is -1.26. The Hall–Kier alpha value is -2.63. The van der Waals surface area contributed by atoms with Crippen LogP contribution < -0.4 is 4.72 Å². The fourth-order valence-electron chi connectivity index (χ4n) is 2.00. The number of rotatable bonds is 6. The van der Waals surface area contributed by atoms with Crippen molar-refractivity contribution in [2.24, 2.45) is 0 Å². The van der Waals surface area contributed by atoms with Crippen molar-refractivity contribution in [1.82, 2.24) is 4.72 Å². The number of ether oxygens (including phenoxy) is 2. The minimum Gasteiger partial charge on any atom is -0.463 e. The lowest BCUT2D eigenvalue weighted by Gasteiger charge is -2.25. The zero-order valence-corrected chi connectivity index (χ0v) is 13.8. The quantitative estimate of drug-likeness (QED) is 0.428. The Labute approximate surface area is 142 Å². The molecule has 0 radical (unpaired) electrons. The molecular formula is C14H14N2O8S. The van der Waals surface area contributed by atoms with Crippen LogP contribution in [0.25, 0.3) is 0 Å². The molecule has 0 saturated heterocycles. The van der Waals surface area contributed by atoms with Gasteiger partial charge in [-0.1, -0.05) is 12.1 Å².